The summed E-state index contributed by atoms with van der Waals surface area (Å²) < 4.78 is 0. The van der Waals surface area contributed by atoms with E-state index in [9.17, 15) is 5.11 Å². The van der Waals surface area contributed by atoms with Gasteiger partial charge in [0, 0.05) is 10.9 Å². The maximum absolute atomic E-state index is 9.50. The molecule has 0 aliphatic carbocycles. The second kappa shape index (κ2) is 3.06. The Kier molecular flexibility index (Phi) is 1.90. The van der Waals surface area contributed by atoms with Gasteiger partial charge >= 0.3 is 0 Å². The third kappa shape index (κ3) is 1.48. The number of thiazole rings is 1. The zero-order chi connectivity index (χ0) is 9.26. The number of phenols is 1. The zero-order valence-electron chi connectivity index (χ0n) is 6.77. The van der Waals surface area contributed by atoms with Crippen molar-refractivity contribution in [3.63, 3.8) is 0 Å². The van der Waals surface area contributed by atoms with E-state index in [-0.39, 0.29) is 5.75 Å². The highest BCUT2D eigenvalue weighted by Gasteiger charge is 2.05. The van der Waals surface area contributed by atoms with Crippen LogP contribution in [0.25, 0.3) is 11.3 Å². The molecule has 0 aliphatic rings. The van der Waals surface area contributed by atoms with Gasteiger partial charge in [-0.3, -0.25) is 0 Å². The number of anilines is 1. The molecule has 0 radical (unpaired) electrons. The molecule has 66 valence electrons. The van der Waals surface area contributed by atoms with Gasteiger partial charge in [-0.2, -0.15) is 0 Å². The van der Waals surface area contributed by atoms with Gasteiger partial charge in [-0.05, 0) is 12.1 Å². The van der Waals surface area contributed by atoms with Gasteiger partial charge in [-0.15, -0.1) is 11.3 Å². The molecular formula is C9H8N2OS. The molecule has 3 nitrogen and oxygen atoms in total. The molecule has 0 amide bonds. The number of hydrogen-bond acceptors (Lipinski definition) is 4. The van der Waals surface area contributed by atoms with E-state index in [1.165, 1.54) is 11.3 Å². The fourth-order valence-corrected chi connectivity index (χ4v) is 1.66. The van der Waals surface area contributed by atoms with Crippen LogP contribution < -0.4 is 5.73 Å². The highest BCUT2D eigenvalue weighted by Crippen LogP contribution is 2.29. The van der Waals surface area contributed by atoms with Crippen molar-refractivity contribution in [3.05, 3.63) is 29.6 Å². The van der Waals surface area contributed by atoms with Crippen LogP contribution in [0.15, 0.2) is 29.6 Å². The average molecular weight is 192 g/mol. The number of aromatic nitrogens is 1. The number of benzene rings is 1. The lowest BCUT2D eigenvalue weighted by Gasteiger charge is -1.98. The predicted molar refractivity (Wildman–Crippen MR) is 53.6 cm³/mol. The molecule has 0 spiro atoms. The summed E-state index contributed by atoms with van der Waals surface area (Å²) in [6.45, 7) is 0. The summed E-state index contributed by atoms with van der Waals surface area (Å²) in [4.78, 5) is 4.08. The quantitative estimate of drug-likeness (QED) is 0.727. The minimum absolute atomic E-state index is 0.229. The number of nitrogens with zero attached hydrogens (tertiary/aromatic N) is 1. The molecule has 0 atom stereocenters. The van der Waals surface area contributed by atoms with Crippen molar-refractivity contribution in [3.8, 4) is 17.0 Å². The van der Waals surface area contributed by atoms with Crippen LogP contribution in [0.4, 0.5) is 5.13 Å². The van der Waals surface area contributed by atoms with E-state index >= 15 is 0 Å². The van der Waals surface area contributed by atoms with Crippen LogP contribution in [0.1, 0.15) is 0 Å². The Bertz CT molecular complexity index is 425. The van der Waals surface area contributed by atoms with Crippen LogP contribution in [0, 0.1) is 0 Å². The van der Waals surface area contributed by atoms with Crippen LogP contribution in [-0.4, -0.2) is 10.1 Å². The first-order chi connectivity index (χ1) is 6.27. The van der Waals surface area contributed by atoms with Crippen molar-refractivity contribution in [1.82, 2.24) is 4.98 Å². The van der Waals surface area contributed by atoms with E-state index in [1.807, 2.05) is 17.5 Å². The zero-order valence-corrected chi connectivity index (χ0v) is 7.58. The summed E-state index contributed by atoms with van der Waals surface area (Å²) in [7, 11) is 0. The normalized spacial score (nSPS) is 10.2. The molecule has 0 bridgehead atoms. The molecule has 0 aliphatic heterocycles. The number of nitrogen functional groups attached to an aromatic ring is 1. The van der Waals surface area contributed by atoms with Gasteiger partial charge < -0.3 is 10.8 Å². The number of hydrogen-bond donors (Lipinski definition) is 2. The lowest BCUT2D eigenvalue weighted by atomic mass is 10.1. The van der Waals surface area contributed by atoms with E-state index in [1.54, 1.807) is 12.1 Å². The van der Waals surface area contributed by atoms with Crippen molar-refractivity contribution in [1.29, 1.82) is 0 Å². The van der Waals surface area contributed by atoms with Gasteiger partial charge in [-0.25, -0.2) is 4.98 Å². The highest BCUT2D eigenvalue weighted by atomic mass is 32.1. The SMILES string of the molecule is Nc1nc(-c2ccccc2O)cs1. The third-order valence-corrected chi connectivity index (χ3v) is 2.38. The monoisotopic (exact) mass is 192 g/mol. The Hall–Kier alpha value is -1.55. The Morgan fingerprint density at radius 2 is 2.08 bits per heavy atom. The molecule has 0 unspecified atom stereocenters. The van der Waals surface area contributed by atoms with Gasteiger partial charge in [0.25, 0.3) is 0 Å². The van der Waals surface area contributed by atoms with E-state index in [0.717, 1.165) is 11.3 Å². The first kappa shape index (κ1) is 8.07. The minimum atomic E-state index is 0.229. The maximum Gasteiger partial charge on any atom is 0.180 e. The largest absolute Gasteiger partial charge is 0.507 e. The van der Waals surface area contributed by atoms with Crippen LogP contribution in [0.5, 0.6) is 5.75 Å². The van der Waals surface area contributed by atoms with Gasteiger partial charge in [0.1, 0.15) is 5.75 Å². The van der Waals surface area contributed by atoms with Crippen LogP contribution >= 0.6 is 11.3 Å². The second-order valence-corrected chi connectivity index (χ2v) is 3.48. The summed E-state index contributed by atoms with van der Waals surface area (Å²) in [5, 5.41) is 11.8. The smallest absolute Gasteiger partial charge is 0.180 e. The third-order valence-electron chi connectivity index (χ3n) is 1.70. The Morgan fingerprint density at radius 1 is 1.31 bits per heavy atom. The van der Waals surface area contributed by atoms with Gasteiger partial charge in [0.05, 0.1) is 5.69 Å². The van der Waals surface area contributed by atoms with Gasteiger partial charge in [-0.1, -0.05) is 12.1 Å². The summed E-state index contributed by atoms with van der Waals surface area (Å²) in [6.07, 6.45) is 0. The summed E-state index contributed by atoms with van der Waals surface area (Å²) in [5.41, 5.74) is 6.93. The minimum Gasteiger partial charge on any atom is -0.507 e. The summed E-state index contributed by atoms with van der Waals surface area (Å²) >= 11 is 1.36. The molecular weight excluding hydrogens is 184 g/mol. The molecule has 4 heteroatoms. The molecule has 2 aromatic rings. The van der Waals surface area contributed by atoms with Crippen molar-refractivity contribution >= 4 is 16.5 Å². The molecule has 1 heterocycles. The van der Waals surface area contributed by atoms with Gasteiger partial charge in [0.15, 0.2) is 5.13 Å². The first-order valence-corrected chi connectivity index (χ1v) is 4.65. The van der Waals surface area contributed by atoms with Crippen molar-refractivity contribution < 1.29 is 5.11 Å². The fraction of sp³-hybridized carbons (Fsp3) is 0. The Balaban J connectivity index is 2.52. The molecule has 0 saturated carbocycles. The van der Waals surface area contributed by atoms with Gasteiger partial charge in [0.2, 0.25) is 0 Å². The lowest BCUT2D eigenvalue weighted by molar-refractivity contribution is 0.477. The standard InChI is InChI=1S/C9H8N2OS/c10-9-11-7(5-13-9)6-3-1-2-4-8(6)12/h1-5,12H,(H2,10,11). The van der Waals surface area contributed by atoms with E-state index in [2.05, 4.69) is 4.98 Å². The molecule has 0 fully saturated rings. The summed E-state index contributed by atoms with van der Waals surface area (Å²) in [5.74, 6) is 0.229. The average Bonchev–Trinajstić information content (AvgIpc) is 2.53. The number of aromatic hydroxyl groups is 1. The topological polar surface area (TPSA) is 59.1 Å². The molecule has 13 heavy (non-hydrogen) atoms. The number of para-hydroxylation sites is 1. The van der Waals surface area contributed by atoms with E-state index in [4.69, 9.17) is 5.73 Å². The highest BCUT2D eigenvalue weighted by molar-refractivity contribution is 7.13. The molecule has 1 aromatic heterocycles. The van der Waals surface area contributed by atoms with E-state index < -0.39 is 0 Å². The van der Waals surface area contributed by atoms with Crippen LogP contribution in [0.2, 0.25) is 0 Å². The number of phenolic OH excluding ortho intramolecular Hbond substituents is 1. The second-order valence-electron chi connectivity index (χ2n) is 2.59. The number of nitrogens with two attached hydrogens (primary N) is 1. The summed E-state index contributed by atoms with van der Waals surface area (Å²) in [6, 6.07) is 7.06. The van der Waals surface area contributed by atoms with Crippen molar-refractivity contribution in [2.45, 2.75) is 0 Å². The van der Waals surface area contributed by atoms with E-state index in [0.29, 0.717) is 5.13 Å². The number of rotatable bonds is 1. The molecule has 0 saturated heterocycles. The van der Waals surface area contributed by atoms with Crippen molar-refractivity contribution in [2.75, 3.05) is 5.73 Å². The lowest BCUT2D eigenvalue weighted by Crippen LogP contribution is -1.83. The predicted octanol–water partition coefficient (Wildman–Crippen LogP) is 2.10. The molecule has 2 rings (SSSR count). The van der Waals surface area contributed by atoms with Crippen LogP contribution in [0.3, 0.4) is 0 Å². The maximum atomic E-state index is 9.50. The molecule has 3 N–H and O–H groups in total. The Labute approximate surface area is 79.5 Å². The first-order valence-electron chi connectivity index (χ1n) is 3.77. The van der Waals surface area contributed by atoms with Crippen molar-refractivity contribution in [2.24, 2.45) is 0 Å². The van der Waals surface area contributed by atoms with Crippen LogP contribution in [-0.2, 0) is 0 Å². The molecule has 1 aromatic carbocycles. The Morgan fingerprint density at radius 3 is 2.69 bits per heavy atom. The fourth-order valence-electron chi connectivity index (χ4n) is 1.10.